The van der Waals surface area contributed by atoms with Crippen molar-refractivity contribution in [3.05, 3.63) is 29.6 Å². The highest BCUT2D eigenvalue weighted by atomic mass is 19.1. The Morgan fingerprint density at radius 1 is 1.29 bits per heavy atom. The van der Waals surface area contributed by atoms with E-state index in [1.165, 1.54) is 18.9 Å². The van der Waals surface area contributed by atoms with Gasteiger partial charge in [0.25, 0.3) is 0 Å². The SMILES string of the molecule is NCc1c(F)cccc1N1CCCC1. The normalized spacial score (nSPS) is 16.3. The van der Waals surface area contributed by atoms with Crippen LogP contribution in [0.4, 0.5) is 10.1 Å². The monoisotopic (exact) mass is 194 g/mol. The van der Waals surface area contributed by atoms with Crippen molar-refractivity contribution < 1.29 is 4.39 Å². The molecule has 1 aromatic rings. The molecule has 1 saturated heterocycles. The largest absolute Gasteiger partial charge is 0.371 e. The van der Waals surface area contributed by atoms with Gasteiger partial charge in [0.1, 0.15) is 5.82 Å². The predicted octanol–water partition coefficient (Wildman–Crippen LogP) is 1.88. The summed E-state index contributed by atoms with van der Waals surface area (Å²) in [6.45, 7) is 2.32. The Bertz CT molecular complexity index is 319. The highest BCUT2D eigenvalue weighted by Gasteiger charge is 2.16. The van der Waals surface area contributed by atoms with Gasteiger partial charge in [-0.3, -0.25) is 0 Å². The predicted molar refractivity (Wildman–Crippen MR) is 55.7 cm³/mol. The minimum atomic E-state index is -0.183. The van der Waals surface area contributed by atoms with Crippen LogP contribution in [-0.2, 0) is 6.54 Å². The van der Waals surface area contributed by atoms with Gasteiger partial charge in [0, 0.05) is 30.9 Å². The van der Waals surface area contributed by atoms with E-state index < -0.39 is 0 Å². The van der Waals surface area contributed by atoms with Crippen LogP contribution in [0.2, 0.25) is 0 Å². The molecule has 1 aliphatic heterocycles. The van der Waals surface area contributed by atoms with Gasteiger partial charge in [0.2, 0.25) is 0 Å². The highest BCUT2D eigenvalue weighted by molar-refractivity contribution is 5.54. The first-order chi connectivity index (χ1) is 6.83. The zero-order chi connectivity index (χ0) is 9.97. The fraction of sp³-hybridized carbons (Fsp3) is 0.455. The van der Waals surface area contributed by atoms with Gasteiger partial charge in [-0.2, -0.15) is 0 Å². The molecule has 2 rings (SSSR count). The number of hydrogen-bond donors (Lipinski definition) is 1. The summed E-state index contributed by atoms with van der Waals surface area (Å²) in [5.41, 5.74) is 7.18. The van der Waals surface area contributed by atoms with Crippen LogP contribution in [-0.4, -0.2) is 13.1 Å². The van der Waals surface area contributed by atoms with Gasteiger partial charge >= 0.3 is 0 Å². The van der Waals surface area contributed by atoms with Gasteiger partial charge in [-0.25, -0.2) is 4.39 Å². The van der Waals surface area contributed by atoms with Gasteiger partial charge < -0.3 is 10.6 Å². The fourth-order valence-electron chi connectivity index (χ4n) is 2.00. The summed E-state index contributed by atoms with van der Waals surface area (Å²) in [5, 5.41) is 0. The van der Waals surface area contributed by atoms with E-state index in [1.807, 2.05) is 6.07 Å². The van der Waals surface area contributed by atoms with Gasteiger partial charge in [-0.05, 0) is 25.0 Å². The second-order valence-corrected chi connectivity index (χ2v) is 3.64. The van der Waals surface area contributed by atoms with Crippen LogP contribution in [0.15, 0.2) is 18.2 Å². The lowest BCUT2D eigenvalue weighted by Crippen LogP contribution is -2.20. The highest BCUT2D eigenvalue weighted by Crippen LogP contribution is 2.25. The number of hydrogen-bond acceptors (Lipinski definition) is 2. The number of anilines is 1. The Kier molecular flexibility index (Phi) is 2.68. The van der Waals surface area contributed by atoms with Crippen LogP contribution < -0.4 is 10.6 Å². The lowest BCUT2D eigenvalue weighted by molar-refractivity contribution is 0.610. The maximum absolute atomic E-state index is 13.4. The smallest absolute Gasteiger partial charge is 0.129 e. The van der Waals surface area contributed by atoms with E-state index in [2.05, 4.69) is 4.90 Å². The van der Waals surface area contributed by atoms with E-state index in [9.17, 15) is 4.39 Å². The molecule has 0 radical (unpaired) electrons. The maximum atomic E-state index is 13.4. The Morgan fingerprint density at radius 3 is 2.64 bits per heavy atom. The third-order valence-electron chi connectivity index (χ3n) is 2.75. The summed E-state index contributed by atoms with van der Waals surface area (Å²) < 4.78 is 13.4. The van der Waals surface area contributed by atoms with Gasteiger partial charge in [-0.15, -0.1) is 0 Å². The molecule has 14 heavy (non-hydrogen) atoms. The summed E-state index contributed by atoms with van der Waals surface area (Å²) in [5.74, 6) is -0.183. The Balaban J connectivity index is 2.35. The first-order valence-electron chi connectivity index (χ1n) is 5.05. The van der Waals surface area contributed by atoms with Crippen molar-refractivity contribution in [1.29, 1.82) is 0 Å². The second kappa shape index (κ2) is 3.96. The molecule has 1 aliphatic rings. The summed E-state index contributed by atoms with van der Waals surface area (Å²) in [7, 11) is 0. The molecule has 3 heteroatoms. The lowest BCUT2D eigenvalue weighted by atomic mass is 10.1. The van der Waals surface area contributed by atoms with Crippen LogP contribution in [0.1, 0.15) is 18.4 Å². The first-order valence-corrected chi connectivity index (χ1v) is 5.05. The van der Waals surface area contributed by atoms with E-state index in [0.29, 0.717) is 5.56 Å². The van der Waals surface area contributed by atoms with Gasteiger partial charge in [0.15, 0.2) is 0 Å². The van der Waals surface area contributed by atoms with Crippen molar-refractivity contribution in [2.75, 3.05) is 18.0 Å². The average molecular weight is 194 g/mol. The molecular formula is C11H15FN2. The van der Waals surface area contributed by atoms with Crippen LogP contribution in [0.25, 0.3) is 0 Å². The molecule has 0 unspecified atom stereocenters. The number of benzene rings is 1. The number of nitrogens with two attached hydrogens (primary N) is 1. The zero-order valence-electron chi connectivity index (χ0n) is 8.17. The Labute approximate surface area is 83.5 Å². The summed E-state index contributed by atoms with van der Waals surface area (Å²) in [6.07, 6.45) is 2.39. The van der Waals surface area contributed by atoms with Crippen molar-refractivity contribution in [2.24, 2.45) is 5.73 Å². The summed E-state index contributed by atoms with van der Waals surface area (Å²) in [6, 6.07) is 5.18. The molecule has 0 spiro atoms. The topological polar surface area (TPSA) is 29.3 Å². The Morgan fingerprint density at radius 2 is 2.00 bits per heavy atom. The minimum absolute atomic E-state index is 0.183. The molecule has 0 amide bonds. The molecule has 0 aliphatic carbocycles. The molecule has 1 fully saturated rings. The molecule has 2 nitrogen and oxygen atoms in total. The molecule has 76 valence electrons. The van der Waals surface area contributed by atoms with Crippen LogP contribution in [0, 0.1) is 5.82 Å². The van der Waals surface area contributed by atoms with E-state index in [0.717, 1.165) is 18.8 Å². The van der Waals surface area contributed by atoms with Crippen molar-refractivity contribution in [1.82, 2.24) is 0 Å². The second-order valence-electron chi connectivity index (χ2n) is 3.64. The molecule has 1 heterocycles. The molecule has 2 N–H and O–H groups in total. The molecule has 0 bridgehead atoms. The van der Waals surface area contributed by atoms with Crippen molar-refractivity contribution in [3.8, 4) is 0 Å². The van der Waals surface area contributed by atoms with Gasteiger partial charge in [-0.1, -0.05) is 6.07 Å². The molecular weight excluding hydrogens is 179 g/mol. The van der Waals surface area contributed by atoms with E-state index in [4.69, 9.17) is 5.73 Å². The third-order valence-corrected chi connectivity index (χ3v) is 2.75. The van der Waals surface area contributed by atoms with E-state index >= 15 is 0 Å². The maximum Gasteiger partial charge on any atom is 0.129 e. The van der Waals surface area contributed by atoms with Gasteiger partial charge in [0.05, 0.1) is 0 Å². The standard InChI is InChI=1S/C11H15FN2/c12-10-4-3-5-11(9(10)8-13)14-6-1-2-7-14/h3-5H,1-2,6-8,13H2. The molecule has 1 aromatic carbocycles. The quantitative estimate of drug-likeness (QED) is 0.779. The first kappa shape index (κ1) is 9.46. The number of rotatable bonds is 2. The average Bonchev–Trinajstić information content (AvgIpc) is 2.70. The number of halogens is 1. The summed E-state index contributed by atoms with van der Waals surface area (Å²) in [4.78, 5) is 2.21. The Hall–Kier alpha value is -1.09. The third kappa shape index (κ3) is 1.60. The van der Waals surface area contributed by atoms with Crippen LogP contribution in [0.5, 0.6) is 0 Å². The fourth-order valence-corrected chi connectivity index (χ4v) is 2.00. The van der Waals surface area contributed by atoms with E-state index in [-0.39, 0.29) is 12.4 Å². The number of nitrogens with zero attached hydrogens (tertiary/aromatic N) is 1. The van der Waals surface area contributed by atoms with E-state index in [1.54, 1.807) is 6.07 Å². The molecule has 0 aromatic heterocycles. The van der Waals surface area contributed by atoms with Crippen molar-refractivity contribution in [3.63, 3.8) is 0 Å². The van der Waals surface area contributed by atoms with Crippen molar-refractivity contribution >= 4 is 5.69 Å². The molecule has 0 atom stereocenters. The summed E-state index contributed by atoms with van der Waals surface area (Å²) >= 11 is 0. The van der Waals surface area contributed by atoms with Crippen LogP contribution in [0.3, 0.4) is 0 Å². The minimum Gasteiger partial charge on any atom is -0.371 e. The van der Waals surface area contributed by atoms with Crippen molar-refractivity contribution in [2.45, 2.75) is 19.4 Å². The lowest BCUT2D eigenvalue weighted by Gasteiger charge is -2.21. The molecule has 0 saturated carbocycles. The van der Waals surface area contributed by atoms with Crippen LogP contribution >= 0.6 is 0 Å². The zero-order valence-corrected chi connectivity index (χ0v) is 8.17.